The van der Waals surface area contributed by atoms with E-state index < -0.39 is 0 Å². The van der Waals surface area contributed by atoms with E-state index in [0.717, 1.165) is 20.7 Å². The topological polar surface area (TPSA) is 54.0 Å². The van der Waals surface area contributed by atoms with Crippen molar-refractivity contribution in [2.24, 2.45) is 0 Å². The largest absolute Gasteiger partial charge is 0.606 e. The summed E-state index contributed by atoms with van der Waals surface area (Å²) in [7, 11) is 0. The molecule has 0 aromatic carbocycles. The molecule has 3 aromatic rings. The number of hydrogen-bond acceptors (Lipinski definition) is 2. The lowest BCUT2D eigenvalue weighted by Crippen LogP contribution is -2.22. The zero-order valence-corrected chi connectivity index (χ0v) is 6.10. The van der Waals surface area contributed by atoms with Gasteiger partial charge in [0.05, 0.1) is 6.20 Å². The fraction of sp³-hybridized carbons (Fsp3) is 0. The first-order valence-corrected chi connectivity index (χ1v) is 3.59. The Morgan fingerprint density at radius 1 is 1.33 bits per heavy atom. The highest BCUT2D eigenvalue weighted by molar-refractivity contribution is 6.04. The van der Waals surface area contributed by atoms with Gasteiger partial charge in [-0.15, -0.1) is 0 Å². The van der Waals surface area contributed by atoms with Crippen LogP contribution in [0.5, 0.6) is 0 Å². The number of aromatic nitrogens is 3. The Balaban J connectivity index is 2.77. The molecule has 0 saturated heterocycles. The Morgan fingerprint density at radius 3 is 3.17 bits per heavy atom. The summed E-state index contributed by atoms with van der Waals surface area (Å²) in [6.45, 7) is 0. The van der Waals surface area contributed by atoms with E-state index in [1.165, 1.54) is 0 Å². The first-order valence-electron chi connectivity index (χ1n) is 3.59. The molecule has 3 heterocycles. The van der Waals surface area contributed by atoms with Crippen LogP contribution >= 0.6 is 0 Å². The van der Waals surface area contributed by atoms with Crippen molar-refractivity contribution in [2.75, 3.05) is 0 Å². The van der Waals surface area contributed by atoms with Gasteiger partial charge in [-0.2, -0.15) is 0 Å². The van der Waals surface area contributed by atoms with E-state index in [2.05, 4.69) is 9.97 Å². The van der Waals surface area contributed by atoms with Crippen LogP contribution in [0.3, 0.4) is 0 Å². The normalized spacial score (nSPS) is 11.7. The van der Waals surface area contributed by atoms with Crippen LogP contribution in [0, 0.1) is 0 Å². The second kappa shape index (κ2) is 1.66. The van der Waals surface area contributed by atoms with Gasteiger partial charge in [0.15, 0.2) is 5.52 Å². The Bertz CT molecular complexity index is 542. The number of nitrogens with zero attached hydrogens (tertiary/aromatic N) is 4. The lowest BCUT2D eigenvalue weighted by molar-refractivity contribution is -0.443. The summed E-state index contributed by atoms with van der Waals surface area (Å²) in [4.78, 5) is 7.99. The summed E-state index contributed by atoms with van der Waals surface area (Å²) >= 11 is 0. The fourth-order valence-electron chi connectivity index (χ4n) is 1.47. The molecule has 0 amide bonds. The molecular formula is C8H4N4. The molecule has 12 heavy (non-hydrogen) atoms. The standard InChI is InChI=1S/C8H4N4/c9-12-6-4-10-3-5-1-2-11-8(12)7(5)6/h1-4H. The minimum atomic E-state index is 0.616. The van der Waals surface area contributed by atoms with E-state index in [-0.39, 0.29) is 0 Å². The lowest BCUT2D eigenvalue weighted by Gasteiger charge is -2.05. The van der Waals surface area contributed by atoms with Crippen molar-refractivity contribution in [1.29, 1.82) is 0 Å². The number of pyridine rings is 2. The van der Waals surface area contributed by atoms with Gasteiger partial charge in [0.2, 0.25) is 0 Å². The van der Waals surface area contributed by atoms with Gasteiger partial charge >= 0.3 is 5.65 Å². The van der Waals surface area contributed by atoms with Crippen molar-refractivity contribution in [1.82, 2.24) is 9.97 Å². The summed E-state index contributed by atoms with van der Waals surface area (Å²) in [5.74, 6) is 0. The molecule has 4 heteroatoms. The fourth-order valence-corrected chi connectivity index (χ4v) is 1.47. The SMILES string of the molecule is [N-]=[n+]1c2cncc3ccnc1c32. The van der Waals surface area contributed by atoms with E-state index in [0.29, 0.717) is 5.65 Å². The van der Waals surface area contributed by atoms with Crippen molar-refractivity contribution in [3.05, 3.63) is 30.2 Å². The third-order valence-corrected chi connectivity index (χ3v) is 2.06. The van der Waals surface area contributed by atoms with Crippen LogP contribution < -0.4 is 4.36 Å². The van der Waals surface area contributed by atoms with Crippen LogP contribution in [0.1, 0.15) is 0 Å². The van der Waals surface area contributed by atoms with Crippen molar-refractivity contribution < 1.29 is 4.36 Å². The number of rotatable bonds is 0. The molecule has 0 N–H and O–H groups in total. The average Bonchev–Trinajstić information content (AvgIpc) is 2.16. The third-order valence-electron chi connectivity index (χ3n) is 2.06. The van der Waals surface area contributed by atoms with E-state index in [4.69, 9.17) is 0 Å². The van der Waals surface area contributed by atoms with Gasteiger partial charge < -0.3 is 5.53 Å². The molecule has 3 rings (SSSR count). The quantitative estimate of drug-likeness (QED) is 0.452. The second-order valence-electron chi connectivity index (χ2n) is 2.70. The first kappa shape index (κ1) is 5.77. The van der Waals surface area contributed by atoms with Gasteiger partial charge in [-0.3, -0.25) is 9.35 Å². The smallest absolute Gasteiger partial charge is 0.325 e. The Hall–Kier alpha value is -1.84. The number of hydrogen-bond donors (Lipinski definition) is 0. The summed E-state index contributed by atoms with van der Waals surface area (Å²) in [5.41, 5.74) is 10.7. The highest BCUT2D eigenvalue weighted by Gasteiger charge is 2.16. The van der Waals surface area contributed by atoms with Gasteiger partial charge in [-0.1, -0.05) is 0 Å². The minimum Gasteiger partial charge on any atom is -0.606 e. The maximum absolute atomic E-state index is 9.35. The highest BCUT2D eigenvalue weighted by atomic mass is 15.1. The maximum Gasteiger partial charge on any atom is 0.325 e. The Kier molecular flexibility index (Phi) is 0.798. The summed E-state index contributed by atoms with van der Waals surface area (Å²) < 4.78 is 1.05. The van der Waals surface area contributed by atoms with E-state index in [1.54, 1.807) is 18.6 Å². The molecule has 0 aliphatic rings. The molecule has 0 unspecified atom stereocenters. The van der Waals surface area contributed by atoms with Crippen LogP contribution in [0.25, 0.3) is 27.5 Å². The molecule has 0 bridgehead atoms. The van der Waals surface area contributed by atoms with Gasteiger partial charge in [0.25, 0.3) is 0 Å². The first-order chi connectivity index (χ1) is 5.88. The molecule has 0 saturated carbocycles. The Labute approximate surface area is 67.3 Å². The maximum atomic E-state index is 9.35. The molecule has 0 aliphatic carbocycles. The molecule has 0 radical (unpaired) electrons. The highest BCUT2D eigenvalue weighted by Crippen LogP contribution is 2.21. The van der Waals surface area contributed by atoms with Crippen LogP contribution in [-0.2, 0) is 0 Å². The van der Waals surface area contributed by atoms with E-state index in [9.17, 15) is 5.53 Å². The monoisotopic (exact) mass is 156 g/mol. The predicted molar refractivity (Wildman–Crippen MR) is 42.8 cm³/mol. The average molecular weight is 156 g/mol. The lowest BCUT2D eigenvalue weighted by atomic mass is 10.1. The zero-order valence-electron chi connectivity index (χ0n) is 6.10. The van der Waals surface area contributed by atoms with Crippen LogP contribution in [0.15, 0.2) is 24.7 Å². The van der Waals surface area contributed by atoms with E-state index >= 15 is 0 Å². The summed E-state index contributed by atoms with van der Waals surface area (Å²) in [5, 5.41) is 2.01. The van der Waals surface area contributed by atoms with Gasteiger partial charge in [0.1, 0.15) is 11.6 Å². The molecule has 0 fully saturated rings. The minimum absolute atomic E-state index is 0.616. The van der Waals surface area contributed by atoms with Gasteiger partial charge in [-0.25, -0.2) is 0 Å². The third kappa shape index (κ3) is 0.460. The molecule has 3 aromatic heterocycles. The predicted octanol–water partition coefficient (Wildman–Crippen LogP) is 0.828. The molecule has 0 aliphatic heterocycles. The van der Waals surface area contributed by atoms with Crippen LogP contribution in [0.2, 0.25) is 0 Å². The van der Waals surface area contributed by atoms with Gasteiger partial charge in [-0.05, 0) is 11.1 Å². The second-order valence-corrected chi connectivity index (χ2v) is 2.70. The summed E-state index contributed by atoms with van der Waals surface area (Å²) in [6, 6.07) is 1.88. The molecule has 0 spiro atoms. The van der Waals surface area contributed by atoms with Crippen LogP contribution in [-0.4, -0.2) is 9.97 Å². The van der Waals surface area contributed by atoms with Crippen molar-refractivity contribution >= 4 is 21.9 Å². The van der Waals surface area contributed by atoms with Crippen LogP contribution in [0.4, 0.5) is 0 Å². The van der Waals surface area contributed by atoms with Gasteiger partial charge in [0, 0.05) is 11.6 Å². The van der Waals surface area contributed by atoms with Crippen molar-refractivity contribution in [2.45, 2.75) is 0 Å². The van der Waals surface area contributed by atoms with Crippen molar-refractivity contribution in [3.8, 4) is 0 Å². The van der Waals surface area contributed by atoms with E-state index in [1.807, 2.05) is 6.07 Å². The van der Waals surface area contributed by atoms with Crippen molar-refractivity contribution in [3.63, 3.8) is 0 Å². The molecule has 56 valence electrons. The molecule has 4 nitrogen and oxygen atoms in total. The summed E-state index contributed by atoms with van der Waals surface area (Å²) in [6.07, 6.45) is 5.04. The Morgan fingerprint density at radius 2 is 2.25 bits per heavy atom. The molecule has 0 atom stereocenters. The molecular weight excluding hydrogens is 152 g/mol. The zero-order chi connectivity index (χ0) is 8.13.